The summed E-state index contributed by atoms with van der Waals surface area (Å²) in [5.41, 5.74) is 5.41. The number of rotatable bonds is 6. The van der Waals surface area contributed by atoms with Gasteiger partial charge >= 0.3 is 6.09 Å². The van der Waals surface area contributed by atoms with Crippen LogP contribution in [0.5, 0.6) is 0 Å². The predicted octanol–water partition coefficient (Wildman–Crippen LogP) is 3.90. The molecule has 1 fully saturated rings. The van der Waals surface area contributed by atoms with Crippen LogP contribution in [0.2, 0.25) is 0 Å². The van der Waals surface area contributed by atoms with Crippen LogP contribution < -0.4 is 5.32 Å². The molecule has 2 N–H and O–H groups in total. The van der Waals surface area contributed by atoms with Gasteiger partial charge in [0.1, 0.15) is 6.04 Å². The van der Waals surface area contributed by atoms with Gasteiger partial charge in [0.25, 0.3) is 0 Å². The number of H-pyrrole nitrogens is 1. The van der Waals surface area contributed by atoms with E-state index < -0.39 is 18.2 Å². The topological polar surface area (TPSA) is 92.9 Å². The number of amides is 2. The molecule has 0 aliphatic carbocycles. The van der Waals surface area contributed by atoms with Crippen molar-refractivity contribution in [2.24, 2.45) is 0 Å². The maximum absolute atomic E-state index is 13.5. The van der Waals surface area contributed by atoms with E-state index in [-0.39, 0.29) is 11.9 Å². The first kappa shape index (κ1) is 22.8. The number of carbonyl (C=O) groups excluding carboxylic acids is 2. The Balaban J connectivity index is 1.66. The first-order chi connectivity index (χ1) is 15.4. The highest BCUT2D eigenvalue weighted by Crippen LogP contribution is 2.41. The van der Waals surface area contributed by atoms with Crippen LogP contribution in [-0.4, -0.2) is 54.8 Å². The number of alkyl carbamates (subject to hydrolysis) is 1. The molecule has 0 bridgehead atoms. The van der Waals surface area contributed by atoms with Crippen LogP contribution in [0.15, 0.2) is 28.7 Å². The van der Waals surface area contributed by atoms with Crippen LogP contribution in [0.3, 0.4) is 0 Å². The zero-order valence-electron chi connectivity index (χ0n) is 18.4. The lowest BCUT2D eigenvalue weighted by atomic mass is 10.0. The third-order valence-corrected chi connectivity index (χ3v) is 6.84. The maximum Gasteiger partial charge on any atom is 0.407 e. The number of hydrogen-bond donors (Lipinski definition) is 2. The summed E-state index contributed by atoms with van der Waals surface area (Å²) < 4.78 is 16.9. The number of ether oxygens (including phenoxy) is 3. The lowest BCUT2D eigenvalue weighted by molar-refractivity contribution is -0.137. The second-order valence-electron chi connectivity index (χ2n) is 8.11. The number of carbonyl (C=O) groups is 2. The second kappa shape index (κ2) is 9.64. The van der Waals surface area contributed by atoms with Gasteiger partial charge in [0.05, 0.1) is 38.2 Å². The third kappa shape index (κ3) is 4.29. The molecule has 0 saturated carbocycles. The van der Waals surface area contributed by atoms with Gasteiger partial charge in [-0.3, -0.25) is 4.79 Å². The highest BCUT2D eigenvalue weighted by Gasteiger charge is 2.40. The summed E-state index contributed by atoms with van der Waals surface area (Å²) in [5.74, 6) is -0.181. The summed E-state index contributed by atoms with van der Waals surface area (Å²) in [6.07, 6.45) is 0.559. The van der Waals surface area contributed by atoms with E-state index in [0.29, 0.717) is 19.8 Å². The van der Waals surface area contributed by atoms with Crippen LogP contribution in [0.4, 0.5) is 4.79 Å². The summed E-state index contributed by atoms with van der Waals surface area (Å²) in [6, 6.07) is 7.20. The minimum absolute atomic E-state index is 0.117. The summed E-state index contributed by atoms with van der Waals surface area (Å²) in [4.78, 5) is 30.8. The monoisotopic (exact) mass is 505 g/mol. The van der Waals surface area contributed by atoms with Crippen LogP contribution in [0.1, 0.15) is 42.6 Å². The van der Waals surface area contributed by atoms with E-state index in [1.807, 2.05) is 17.0 Å². The number of nitrogens with zero attached hydrogens (tertiary/aromatic N) is 1. The van der Waals surface area contributed by atoms with Crippen LogP contribution in [0, 0.1) is 0 Å². The molecule has 172 valence electrons. The summed E-state index contributed by atoms with van der Waals surface area (Å²) in [7, 11) is 2.80. The molecule has 1 aromatic carbocycles. The molecule has 4 rings (SSSR count). The van der Waals surface area contributed by atoms with Crippen LogP contribution >= 0.6 is 15.9 Å². The van der Waals surface area contributed by atoms with Crippen molar-refractivity contribution < 1.29 is 23.8 Å². The maximum atomic E-state index is 13.5. The molecule has 3 heterocycles. The smallest absolute Gasteiger partial charge is 0.407 e. The Kier molecular flexibility index (Phi) is 6.88. The first-order valence-electron chi connectivity index (χ1n) is 10.7. The van der Waals surface area contributed by atoms with E-state index in [1.165, 1.54) is 14.2 Å². The molecule has 2 aliphatic rings. The molecule has 0 unspecified atom stereocenters. The van der Waals surface area contributed by atoms with Crippen molar-refractivity contribution in [1.82, 2.24) is 15.2 Å². The predicted molar refractivity (Wildman–Crippen MR) is 122 cm³/mol. The summed E-state index contributed by atoms with van der Waals surface area (Å²) in [5, 5.41) is 2.64. The van der Waals surface area contributed by atoms with E-state index in [4.69, 9.17) is 14.2 Å². The third-order valence-electron chi connectivity index (χ3n) is 6.31. The van der Waals surface area contributed by atoms with Crippen molar-refractivity contribution in [3.63, 3.8) is 0 Å². The molecular weight excluding hydrogens is 478 g/mol. The van der Waals surface area contributed by atoms with Gasteiger partial charge in [-0.1, -0.05) is 28.1 Å². The number of benzene rings is 1. The first-order valence-corrected chi connectivity index (χ1v) is 11.5. The molecule has 8 nitrogen and oxygen atoms in total. The number of likely N-dealkylation sites (tertiary alicyclic amines) is 1. The van der Waals surface area contributed by atoms with Crippen molar-refractivity contribution in [2.45, 2.75) is 51.2 Å². The molecule has 1 aromatic heterocycles. The molecule has 3 atom stereocenters. The number of hydrogen-bond acceptors (Lipinski definition) is 5. The number of aromatic amines is 1. The van der Waals surface area contributed by atoms with Gasteiger partial charge in [-0.05, 0) is 37.5 Å². The Morgan fingerprint density at radius 3 is 2.62 bits per heavy atom. The van der Waals surface area contributed by atoms with E-state index in [0.717, 1.165) is 45.4 Å². The molecule has 2 aliphatic heterocycles. The fraction of sp³-hybridized carbons (Fsp3) is 0.478. The quantitative estimate of drug-likeness (QED) is 0.620. The Hall–Kier alpha value is -2.36. The van der Waals surface area contributed by atoms with Crippen molar-refractivity contribution in [2.75, 3.05) is 20.8 Å². The largest absolute Gasteiger partial charge is 0.453 e. The average Bonchev–Trinajstić information content (AvgIpc) is 3.53. The average molecular weight is 506 g/mol. The molecule has 2 amide bonds. The number of fused-ring (bicyclic) bond motifs is 1. The summed E-state index contributed by atoms with van der Waals surface area (Å²) >= 11 is 3.49. The molecule has 1 saturated heterocycles. The zero-order valence-corrected chi connectivity index (χ0v) is 20.0. The lowest BCUT2D eigenvalue weighted by Crippen LogP contribution is -2.54. The van der Waals surface area contributed by atoms with Gasteiger partial charge in [0.15, 0.2) is 0 Å². The fourth-order valence-corrected chi connectivity index (χ4v) is 4.80. The number of methoxy groups -OCH3 is 2. The molecule has 0 spiro atoms. The van der Waals surface area contributed by atoms with Gasteiger partial charge in [-0.2, -0.15) is 0 Å². The van der Waals surface area contributed by atoms with Crippen molar-refractivity contribution in [1.29, 1.82) is 0 Å². The standard InChI is InChI=1S/C23H28BrN3O5/c1-13(30-2)19(26-23(29)31-3)22(28)27-10-4-5-18(27)21-17-12-32-11-16(17)20(25-21)14-6-8-15(24)9-7-14/h6-9,13,18-19,25H,4-5,10-12H2,1-3H3,(H,26,29)/t13-,18+,19+/m1/s1. The van der Waals surface area contributed by atoms with Crippen LogP contribution in [-0.2, 0) is 32.2 Å². The summed E-state index contributed by atoms with van der Waals surface area (Å²) in [6.45, 7) is 3.44. The SMILES string of the molecule is COC(=O)N[C@H](C(=O)N1CCC[C@H]1c1[nH]c(-c2ccc(Br)cc2)c2c1COC2)[C@@H](C)OC. The van der Waals surface area contributed by atoms with Crippen LogP contribution in [0.25, 0.3) is 11.3 Å². The van der Waals surface area contributed by atoms with Gasteiger partial charge in [-0.15, -0.1) is 0 Å². The van der Waals surface area contributed by atoms with Crippen molar-refractivity contribution in [3.05, 3.63) is 45.6 Å². The van der Waals surface area contributed by atoms with Gasteiger partial charge in [-0.25, -0.2) is 4.79 Å². The molecule has 0 radical (unpaired) electrons. The molecule has 32 heavy (non-hydrogen) atoms. The Labute approximate surface area is 195 Å². The van der Waals surface area contributed by atoms with E-state index in [1.54, 1.807) is 6.92 Å². The Bertz CT molecular complexity index is 990. The molecular formula is C23H28BrN3O5. The van der Waals surface area contributed by atoms with Gasteiger partial charge in [0.2, 0.25) is 5.91 Å². The molecule has 2 aromatic rings. The zero-order chi connectivity index (χ0) is 22.8. The van der Waals surface area contributed by atoms with Gasteiger partial charge < -0.3 is 29.4 Å². The Morgan fingerprint density at radius 1 is 1.22 bits per heavy atom. The molecule has 9 heteroatoms. The number of aromatic nitrogens is 1. The van der Waals surface area contributed by atoms with Crippen molar-refractivity contribution >= 4 is 27.9 Å². The highest BCUT2D eigenvalue weighted by molar-refractivity contribution is 9.10. The van der Waals surface area contributed by atoms with E-state index >= 15 is 0 Å². The lowest BCUT2D eigenvalue weighted by Gasteiger charge is -2.31. The fourth-order valence-electron chi connectivity index (χ4n) is 4.54. The van der Waals surface area contributed by atoms with E-state index in [9.17, 15) is 9.59 Å². The normalized spacial score (nSPS) is 19.5. The number of halogens is 1. The Morgan fingerprint density at radius 2 is 1.94 bits per heavy atom. The minimum Gasteiger partial charge on any atom is -0.453 e. The minimum atomic E-state index is -0.835. The highest BCUT2D eigenvalue weighted by atomic mass is 79.9. The van der Waals surface area contributed by atoms with Gasteiger partial charge in [0, 0.05) is 34.9 Å². The second-order valence-corrected chi connectivity index (χ2v) is 9.03. The van der Waals surface area contributed by atoms with Crippen molar-refractivity contribution in [3.8, 4) is 11.3 Å². The number of nitrogens with one attached hydrogen (secondary N) is 2. The van der Waals surface area contributed by atoms with E-state index in [2.05, 4.69) is 38.4 Å².